The molecule has 0 radical (unpaired) electrons. The topological polar surface area (TPSA) is 16.1 Å². The standard InChI is InChI=1S/C10H17ClN2S/c1-3-4-5-13(2)7-10-12-9(6-11)8-14-10/h8H,3-7H2,1-2H3. The lowest BCUT2D eigenvalue weighted by Gasteiger charge is -2.13. The van der Waals surface area contributed by atoms with Gasteiger partial charge < -0.3 is 0 Å². The average molecular weight is 233 g/mol. The molecule has 1 aromatic heterocycles. The maximum absolute atomic E-state index is 5.69. The molecule has 0 N–H and O–H groups in total. The van der Waals surface area contributed by atoms with E-state index in [2.05, 4.69) is 23.9 Å². The lowest BCUT2D eigenvalue weighted by Crippen LogP contribution is -2.18. The summed E-state index contributed by atoms with van der Waals surface area (Å²) in [6.45, 7) is 4.30. The zero-order chi connectivity index (χ0) is 10.4. The third-order valence-corrected chi connectivity index (χ3v) is 3.19. The molecular formula is C10H17ClN2S. The Balaban J connectivity index is 2.35. The van der Waals surface area contributed by atoms with Crippen molar-refractivity contribution in [1.82, 2.24) is 9.88 Å². The van der Waals surface area contributed by atoms with Gasteiger partial charge in [-0.1, -0.05) is 13.3 Å². The Morgan fingerprint density at radius 1 is 1.57 bits per heavy atom. The van der Waals surface area contributed by atoms with Crippen LogP contribution in [0.2, 0.25) is 0 Å². The van der Waals surface area contributed by atoms with Crippen molar-refractivity contribution in [2.45, 2.75) is 32.2 Å². The van der Waals surface area contributed by atoms with Crippen molar-refractivity contribution in [1.29, 1.82) is 0 Å². The molecular weight excluding hydrogens is 216 g/mol. The smallest absolute Gasteiger partial charge is 0.107 e. The second kappa shape index (κ2) is 6.38. The Kier molecular flexibility index (Phi) is 5.45. The molecule has 1 aromatic rings. The molecule has 0 fully saturated rings. The first-order chi connectivity index (χ1) is 6.76. The van der Waals surface area contributed by atoms with Gasteiger partial charge in [-0.2, -0.15) is 0 Å². The van der Waals surface area contributed by atoms with Crippen molar-refractivity contribution in [3.05, 3.63) is 16.1 Å². The third kappa shape index (κ3) is 3.95. The van der Waals surface area contributed by atoms with Crippen LogP contribution in [0, 0.1) is 0 Å². The highest BCUT2D eigenvalue weighted by molar-refractivity contribution is 7.09. The molecule has 0 saturated heterocycles. The molecule has 0 unspecified atom stereocenters. The summed E-state index contributed by atoms with van der Waals surface area (Å²) < 4.78 is 0. The Morgan fingerprint density at radius 2 is 2.36 bits per heavy atom. The van der Waals surface area contributed by atoms with Gasteiger partial charge in [0.1, 0.15) is 5.01 Å². The number of hydrogen-bond donors (Lipinski definition) is 0. The van der Waals surface area contributed by atoms with Gasteiger partial charge >= 0.3 is 0 Å². The highest BCUT2D eigenvalue weighted by Gasteiger charge is 2.04. The molecule has 0 aliphatic rings. The Bertz CT molecular complexity index is 262. The van der Waals surface area contributed by atoms with E-state index in [1.165, 1.54) is 17.8 Å². The minimum absolute atomic E-state index is 0.523. The van der Waals surface area contributed by atoms with Crippen LogP contribution in [0.4, 0.5) is 0 Å². The van der Waals surface area contributed by atoms with E-state index in [-0.39, 0.29) is 0 Å². The van der Waals surface area contributed by atoms with Crippen molar-refractivity contribution >= 4 is 22.9 Å². The van der Waals surface area contributed by atoms with Gasteiger partial charge in [0.15, 0.2) is 0 Å². The monoisotopic (exact) mass is 232 g/mol. The SMILES string of the molecule is CCCCN(C)Cc1nc(CCl)cs1. The zero-order valence-electron chi connectivity index (χ0n) is 8.79. The van der Waals surface area contributed by atoms with Gasteiger partial charge in [-0.15, -0.1) is 22.9 Å². The quantitative estimate of drug-likeness (QED) is 0.701. The molecule has 2 nitrogen and oxygen atoms in total. The number of thiazole rings is 1. The van der Waals surface area contributed by atoms with Crippen LogP contribution in [0.15, 0.2) is 5.38 Å². The minimum Gasteiger partial charge on any atom is -0.300 e. The Labute approximate surface area is 94.9 Å². The van der Waals surface area contributed by atoms with Gasteiger partial charge in [-0.3, -0.25) is 4.90 Å². The first kappa shape index (κ1) is 12.0. The summed E-state index contributed by atoms with van der Waals surface area (Å²) in [7, 11) is 2.14. The van der Waals surface area contributed by atoms with Crippen LogP contribution in [0.5, 0.6) is 0 Å². The van der Waals surface area contributed by atoms with E-state index in [0.717, 1.165) is 18.8 Å². The highest BCUT2D eigenvalue weighted by Crippen LogP contribution is 2.13. The molecule has 14 heavy (non-hydrogen) atoms. The van der Waals surface area contributed by atoms with Crippen LogP contribution in [-0.4, -0.2) is 23.5 Å². The minimum atomic E-state index is 0.523. The van der Waals surface area contributed by atoms with Crippen molar-refractivity contribution in [2.24, 2.45) is 0 Å². The molecule has 1 heterocycles. The fraction of sp³-hybridized carbons (Fsp3) is 0.700. The summed E-state index contributed by atoms with van der Waals surface area (Å²) in [5.41, 5.74) is 0.996. The van der Waals surface area contributed by atoms with Crippen molar-refractivity contribution in [3.8, 4) is 0 Å². The van der Waals surface area contributed by atoms with E-state index >= 15 is 0 Å². The highest BCUT2D eigenvalue weighted by atomic mass is 35.5. The first-order valence-corrected chi connectivity index (χ1v) is 6.35. The van der Waals surface area contributed by atoms with Gasteiger partial charge in [0.2, 0.25) is 0 Å². The van der Waals surface area contributed by atoms with Crippen LogP contribution in [0.25, 0.3) is 0 Å². The van der Waals surface area contributed by atoms with Crippen molar-refractivity contribution in [2.75, 3.05) is 13.6 Å². The molecule has 0 aromatic carbocycles. The lowest BCUT2D eigenvalue weighted by molar-refractivity contribution is 0.320. The Hall–Kier alpha value is -0.120. The number of aromatic nitrogens is 1. The van der Waals surface area contributed by atoms with Gasteiger partial charge in [-0.25, -0.2) is 4.98 Å². The lowest BCUT2D eigenvalue weighted by atomic mass is 10.3. The second-order valence-corrected chi connectivity index (χ2v) is 4.67. The molecule has 4 heteroatoms. The fourth-order valence-electron chi connectivity index (χ4n) is 1.22. The maximum Gasteiger partial charge on any atom is 0.107 e. The summed E-state index contributed by atoms with van der Waals surface area (Å²) in [5, 5.41) is 3.20. The van der Waals surface area contributed by atoms with Crippen LogP contribution in [-0.2, 0) is 12.4 Å². The first-order valence-electron chi connectivity index (χ1n) is 4.94. The number of unbranched alkanes of at least 4 members (excludes halogenated alkanes) is 1. The van der Waals surface area contributed by atoms with Crippen molar-refractivity contribution < 1.29 is 0 Å². The van der Waals surface area contributed by atoms with Gasteiger partial charge in [-0.05, 0) is 20.0 Å². The second-order valence-electron chi connectivity index (χ2n) is 3.46. The summed E-state index contributed by atoms with van der Waals surface area (Å²) in [6, 6.07) is 0. The summed E-state index contributed by atoms with van der Waals surface area (Å²) in [4.78, 5) is 6.73. The maximum atomic E-state index is 5.69. The number of nitrogens with zero attached hydrogens (tertiary/aromatic N) is 2. The molecule has 0 bridgehead atoms. The molecule has 0 atom stereocenters. The van der Waals surface area contributed by atoms with E-state index < -0.39 is 0 Å². The number of halogens is 1. The number of rotatable bonds is 6. The normalized spacial score (nSPS) is 11.1. The van der Waals surface area contributed by atoms with Crippen molar-refractivity contribution in [3.63, 3.8) is 0 Å². The summed E-state index contributed by atoms with van der Waals surface area (Å²) >= 11 is 7.39. The summed E-state index contributed by atoms with van der Waals surface area (Å²) in [5.74, 6) is 0.523. The van der Waals surface area contributed by atoms with E-state index in [0.29, 0.717) is 5.88 Å². The number of hydrogen-bond acceptors (Lipinski definition) is 3. The molecule has 0 saturated carbocycles. The van der Waals surface area contributed by atoms with Gasteiger partial charge in [0, 0.05) is 5.38 Å². The van der Waals surface area contributed by atoms with Crippen LogP contribution in [0.1, 0.15) is 30.5 Å². The number of alkyl halides is 1. The fourth-order valence-corrected chi connectivity index (χ4v) is 2.32. The predicted octanol–water partition coefficient (Wildman–Crippen LogP) is 3.11. The van der Waals surface area contributed by atoms with Gasteiger partial charge in [0.05, 0.1) is 18.1 Å². The van der Waals surface area contributed by atoms with Crippen LogP contribution >= 0.6 is 22.9 Å². The molecule has 0 aliphatic heterocycles. The predicted molar refractivity (Wildman–Crippen MR) is 62.9 cm³/mol. The molecule has 1 rings (SSSR count). The largest absolute Gasteiger partial charge is 0.300 e. The summed E-state index contributed by atoms with van der Waals surface area (Å²) in [6.07, 6.45) is 2.50. The van der Waals surface area contributed by atoms with Crippen LogP contribution in [0.3, 0.4) is 0 Å². The van der Waals surface area contributed by atoms with E-state index in [1.807, 2.05) is 5.38 Å². The van der Waals surface area contributed by atoms with Crippen LogP contribution < -0.4 is 0 Å². The van der Waals surface area contributed by atoms with Gasteiger partial charge in [0.25, 0.3) is 0 Å². The molecule has 80 valence electrons. The Morgan fingerprint density at radius 3 is 2.93 bits per heavy atom. The van der Waals surface area contributed by atoms with E-state index in [9.17, 15) is 0 Å². The molecule has 0 aliphatic carbocycles. The third-order valence-electron chi connectivity index (χ3n) is 2.03. The molecule has 0 spiro atoms. The van der Waals surface area contributed by atoms with E-state index in [4.69, 9.17) is 11.6 Å². The average Bonchev–Trinajstić information content (AvgIpc) is 2.62. The van der Waals surface area contributed by atoms with E-state index in [1.54, 1.807) is 11.3 Å². The molecule has 0 amide bonds. The zero-order valence-corrected chi connectivity index (χ0v) is 10.4.